The van der Waals surface area contributed by atoms with Gasteiger partial charge in [0, 0.05) is 84.9 Å². The van der Waals surface area contributed by atoms with Gasteiger partial charge in [0.2, 0.25) is 5.92 Å². The lowest BCUT2D eigenvalue weighted by Crippen LogP contribution is -2.57. The van der Waals surface area contributed by atoms with Gasteiger partial charge in [0.15, 0.2) is 5.82 Å². The van der Waals surface area contributed by atoms with E-state index in [0.717, 1.165) is 27.8 Å². The van der Waals surface area contributed by atoms with Gasteiger partial charge in [-0.2, -0.15) is 5.10 Å². The number of nitrogens with zero attached hydrogens (tertiary/aromatic N) is 6. The summed E-state index contributed by atoms with van der Waals surface area (Å²) in [6, 6.07) is 7.41. The first-order valence-corrected chi connectivity index (χ1v) is 16.4. The summed E-state index contributed by atoms with van der Waals surface area (Å²) < 4.78 is 58.9. The van der Waals surface area contributed by atoms with E-state index in [1.807, 2.05) is 32.0 Å². The number of fused-ring (bicyclic) bond motifs is 1. The SMILES string of the molecule is COc1ccncc1-c1cc2c(cnn2-c2cc(N3C[C@H](CS(C)(=O)=O)[C@H]3C)cc(NC3CCC(F)(F)CC3)n2)c(C)n1. The molecule has 2 aliphatic rings. The van der Waals surface area contributed by atoms with Crippen molar-refractivity contribution in [1.29, 1.82) is 0 Å². The zero-order valence-electron chi connectivity index (χ0n) is 24.6. The molecule has 0 unspecified atom stereocenters. The summed E-state index contributed by atoms with van der Waals surface area (Å²) in [5.41, 5.74) is 3.84. The van der Waals surface area contributed by atoms with Crippen LogP contribution in [-0.4, -0.2) is 76.8 Å². The van der Waals surface area contributed by atoms with Crippen LogP contribution in [0.1, 0.15) is 38.3 Å². The van der Waals surface area contributed by atoms with Crippen molar-refractivity contribution in [1.82, 2.24) is 24.7 Å². The second-order valence-corrected chi connectivity index (χ2v) is 13.9. The van der Waals surface area contributed by atoms with Gasteiger partial charge >= 0.3 is 0 Å². The summed E-state index contributed by atoms with van der Waals surface area (Å²) in [5.74, 6) is -0.739. The van der Waals surface area contributed by atoms with Crippen LogP contribution in [0.5, 0.6) is 5.75 Å². The molecule has 1 aliphatic heterocycles. The number of hydrogen-bond donors (Lipinski definition) is 1. The van der Waals surface area contributed by atoms with Crippen molar-refractivity contribution in [3.05, 3.63) is 48.5 Å². The van der Waals surface area contributed by atoms with Crippen molar-refractivity contribution in [2.24, 2.45) is 5.92 Å². The summed E-state index contributed by atoms with van der Waals surface area (Å²) in [7, 11) is -1.51. The lowest BCUT2D eigenvalue weighted by Gasteiger charge is -2.48. The van der Waals surface area contributed by atoms with Crippen molar-refractivity contribution in [3.63, 3.8) is 0 Å². The van der Waals surface area contributed by atoms with E-state index in [2.05, 4.69) is 20.3 Å². The number of aryl methyl sites for hydroxylation is 1. The molecule has 0 aromatic carbocycles. The van der Waals surface area contributed by atoms with Crippen molar-refractivity contribution in [2.45, 2.75) is 57.5 Å². The molecule has 10 nitrogen and oxygen atoms in total. The summed E-state index contributed by atoms with van der Waals surface area (Å²) in [6.07, 6.45) is 6.74. The van der Waals surface area contributed by atoms with Gasteiger partial charge in [-0.1, -0.05) is 0 Å². The van der Waals surface area contributed by atoms with Gasteiger partial charge in [0.05, 0.1) is 35.8 Å². The van der Waals surface area contributed by atoms with Crippen LogP contribution in [0.25, 0.3) is 28.0 Å². The van der Waals surface area contributed by atoms with Gasteiger partial charge < -0.3 is 15.0 Å². The van der Waals surface area contributed by atoms with Crippen LogP contribution in [-0.2, 0) is 9.84 Å². The van der Waals surface area contributed by atoms with Gasteiger partial charge in [-0.05, 0) is 38.8 Å². The average Bonchev–Trinajstić information content (AvgIpc) is 3.40. The van der Waals surface area contributed by atoms with Crippen LogP contribution in [0.15, 0.2) is 42.9 Å². The molecular weight excluding hydrogens is 576 g/mol. The second kappa shape index (κ2) is 11.0. The smallest absolute Gasteiger partial charge is 0.248 e. The summed E-state index contributed by atoms with van der Waals surface area (Å²) in [5, 5.41) is 8.93. The first-order chi connectivity index (χ1) is 20.4. The molecule has 13 heteroatoms. The Kier molecular flexibility index (Phi) is 7.47. The minimum atomic E-state index is -3.11. The van der Waals surface area contributed by atoms with E-state index >= 15 is 0 Å². The largest absolute Gasteiger partial charge is 0.496 e. The fraction of sp³-hybridized carbons (Fsp3) is 0.467. The maximum atomic E-state index is 13.8. The van der Waals surface area contributed by atoms with Gasteiger partial charge in [-0.3, -0.25) is 9.97 Å². The number of methoxy groups -OCH3 is 1. The fourth-order valence-electron chi connectivity index (χ4n) is 6.10. The van der Waals surface area contributed by atoms with Crippen molar-refractivity contribution in [3.8, 4) is 22.8 Å². The molecule has 0 bridgehead atoms. The number of ether oxygens (including phenoxy) is 1. The predicted molar refractivity (Wildman–Crippen MR) is 162 cm³/mol. The van der Waals surface area contributed by atoms with Gasteiger partial charge in [0.25, 0.3) is 0 Å². The molecule has 4 aromatic heterocycles. The number of aromatic nitrogens is 5. The van der Waals surface area contributed by atoms with Crippen LogP contribution in [0, 0.1) is 12.8 Å². The highest BCUT2D eigenvalue weighted by Gasteiger charge is 2.38. The molecule has 228 valence electrons. The summed E-state index contributed by atoms with van der Waals surface area (Å²) in [6.45, 7) is 4.52. The number of rotatable bonds is 8. The molecule has 1 N–H and O–H groups in total. The maximum absolute atomic E-state index is 13.8. The predicted octanol–water partition coefficient (Wildman–Crippen LogP) is 5.05. The lowest BCUT2D eigenvalue weighted by atomic mass is 9.91. The molecule has 5 heterocycles. The van der Waals surface area contributed by atoms with E-state index in [4.69, 9.17) is 14.7 Å². The van der Waals surface area contributed by atoms with E-state index < -0.39 is 15.8 Å². The lowest BCUT2D eigenvalue weighted by molar-refractivity contribution is -0.0361. The summed E-state index contributed by atoms with van der Waals surface area (Å²) in [4.78, 5) is 16.1. The molecule has 1 saturated heterocycles. The van der Waals surface area contributed by atoms with E-state index in [1.54, 1.807) is 36.4 Å². The molecule has 1 aliphatic carbocycles. The number of pyridine rings is 3. The Bertz CT molecular complexity index is 1770. The van der Waals surface area contributed by atoms with Crippen LogP contribution < -0.4 is 15.0 Å². The zero-order chi connectivity index (χ0) is 30.5. The van der Waals surface area contributed by atoms with Crippen molar-refractivity contribution >= 4 is 32.2 Å². The quantitative estimate of drug-likeness (QED) is 0.292. The van der Waals surface area contributed by atoms with Gasteiger partial charge in [0.1, 0.15) is 21.4 Å². The highest BCUT2D eigenvalue weighted by Crippen LogP contribution is 2.37. The summed E-state index contributed by atoms with van der Waals surface area (Å²) >= 11 is 0. The van der Waals surface area contributed by atoms with Crippen molar-refractivity contribution in [2.75, 3.05) is 35.9 Å². The Hall–Kier alpha value is -3.87. The fourth-order valence-corrected chi connectivity index (χ4v) is 7.27. The Labute approximate surface area is 249 Å². The van der Waals surface area contributed by atoms with E-state index in [1.165, 1.54) is 6.26 Å². The zero-order valence-corrected chi connectivity index (χ0v) is 25.4. The van der Waals surface area contributed by atoms with Gasteiger partial charge in [-0.15, -0.1) is 0 Å². The van der Waals surface area contributed by atoms with Crippen LogP contribution in [0.2, 0.25) is 0 Å². The molecule has 43 heavy (non-hydrogen) atoms. The average molecular weight is 612 g/mol. The first-order valence-electron chi connectivity index (χ1n) is 14.4. The molecule has 0 radical (unpaired) electrons. The molecule has 0 spiro atoms. The Morgan fingerprint density at radius 1 is 1.14 bits per heavy atom. The maximum Gasteiger partial charge on any atom is 0.248 e. The first kappa shape index (κ1) is 29.2. The molecule has 2 fully saturated rings. The normalized spacial score (nSPS) is 20.7. The number of anilines is 2. The van der Waals surface area contributed by atoms with E-state index in [0.29, 0.717) is 42.5 Å². The number of sulfone groups is 1. The molecule has 1 saturated carbocycles. The minimum Gasteiger partial charge on any atom is -0.496 e. The minimum absolute atomic E-state index is 0.00310. The molecule has 4 aromatic rings. The Balaban J connectivity index is 1.40. The highest BCUT2D eigenvalue weighted by atomic mass is 32.2. The molecule has 2 atom stereocenters. The van der Waals surface area contributed by atoms with Crippen molar-refractivity contribution < 1.29 is 21.9 Å². The van der Waals surface area contributed by atoms with Crippen LogP contribution in [0.3, 0.4) is 0 Å². The molecular formula is C30H35F2N7O3S. The van der Waals surface area contributed by atoms with Crippen LogP contribution >= 0.6 is 0 Å². The third kappa shape index (κ3) is 5.99. The standard InChI is InChI=1S/C30H35F2N7O3S/c1-18-23-15-34-39(26(23)13-25(35-18)24-14-33-10-7-27(24)42-3)29-12-22(38-16-20(19(38)2)17-43(4,40)41)11-28(37-29)36-21-5-8-30(31,32)9-6-21/h7,10-15,19-21H,5-6,8-9,16-17H2,1-4H3,(H,36,37)/t19-,20-/m1/s1. The highest BCUT2D eigenvalue weighted by molar-refractivity contribution is 7.90. The monoisotopic (exact) mass is 611 g/mol. The second-order valence-electron chi connectivity index (χ2n) is 11.7. The third-order valence-electron chi connectivity index (χ3n) is 8.57. The van der Waals surface area contributed by atoms with E-state index in [-0.39, 0.29) is 36.6 Å². The molecule has 0 amide bonds. The van der Waals surface area contributed by atoms with Crippen LogP contribution in [0.4, 0.5) is 20.3 Å². The Morgan fingerprint density at radius 2 is 1.91 bits per heavy atom. The van der Waals surface area contributed by atoms with Gasteiger partial charge in [-0.25, -0.2) is 26.9 Å². The molecule has 6 rings (SSSR count). The number of alkyl halides is 2. The number of halogens is 2. The number of nitrogens with one attached hydrogen (secondary N) is 1. The van der Waals surface area contributed by atoms with E-state index in [9.17, 15) is 17.2 Å². The third-order valence-corrected chi connectivity index (χ3v) is 9.60. The number of hydrogen-bond acceptors (Lipinski definition) is 9. The Morgan fingerprint density at radius 3 is 2.60 bits per heavy atom. The topological polar surface area (TPSA) is 115 Å².